The van der Waals surface area contributed by atoms with Crippen LogP contribution in [-0.4, -0.2) is 60.5 Å². The SMILES string of the molecule is Nc1cccc(CN2C(=O)N(Cc3ccc4[nH]ncc4c3)[C@H](Cc3ccccc3)C(O)C(O)[C@H]2Cc2ccccc2)c1. The van der Waals surface area contributed by atoms with Gasteiger partial charge < -0.3 is 25.7 Å². The standard InChI is InChI=1S/C34H35N5O3/c35-28-13-7-12-25(17-28)21-38-30(18-23-8-3-1-4-9-23)32(40)33(41)31(19-24-10-5-2-6-11-24)39(34(38)42)22-26-14-15-29-27(16-26)20-36-37-29/h1-17,20,30-33,40-41H,18-19,21-22,35H2,(H,36,37)/t30-,31-,32?,33?/m1/s1. The second kappa shape index (κ2) is 12.1. The van der Waals surface area contributed by atoms with Gasteiger partial charge in [0.05, 0.1) is 23.8 Å². The van der Waals surface area contributed by atoms with Crippen LogP contribution >= 0.6 is 0 Å². The van der Waals surface area contributed by atoms with Gasteiger partial charge in [-0.2, -0.15) is 5.10 Å². The van der Waals surface area contributed by atoms with E-state index in [0.29, 0.717) is 18.5 Å². The van der Waals surface area contributed by atoms with Gasteiger partial charge in [-0.05, 0) is 59.4 Å². The fourth-order valence-electron chi connectivity index (χ4n) is 5.99. The Labute approximate surface area is 245 Å². The van der Waals surface area contributed by atoms with Crippen LogP contribution in [0.5, 0.6) is 0 Å². The van der Waals surface area contributed by atoms with Crippen LogP contribution in [0.1, 0.15) is 22.3 Å². The largest absolute Gasteiger partial charge is 0.399 e. The molecule has 4 atom stereocenters. The van der Waals surface area contributed by atoms with Crippen molar-refractivity contribution in [2.75, 3.05) is 5.73 Å². The maximum atomic E-state index is 14.7. The van der Waals surface area contributed by atoms with E-state index < -0.39 is 24.3 Å². The summed E-state index contributed by atoms with van der Waals surface area (Å²) in [5.74, 6) is 0. The second-order valence-corrected chi connectivity index (χ2v) is 11.1. The highest BCUT2D eigenvalue weighted by Gasteiger charge is 2.46. The topological polar surface area (TPSA) is 119 Å². The van der Waals surface area contributed by atoms with Crippen molar-refractivity contribution in [3.05, 3.63) is 132 Å². The lowest BCUT2D eigenvalue weighted by atomic mass is 9.91. The number of carbonyl (C=O) groups excluding carboxylic acids is 1. The van der Waals surface area contributed by atoms with E-state index in [1.54, 1.807) is 16.0 Å². The van der Waals surface area contributed by atoms with Crippen LogP contribution in [0.4, 0.5) is 10.5 Å². The lowest BCUT2D eigenvalue weighted by Crippen LogP contribution is -2.50. The molecule has 1 aliphatic heterocycles. The maximum absolute atomic E-state index is 14.7. The Balaban J connectivity index is 1.43. The van der Waals surface area contributed by atoms with Crippen LogP contribution in [-0.2, 0) is 25.9 Å². The van der Waals surface area contributed by atoms with E-state index >= 15 is 0 Å². The molecule has 42 heavy (non-hydrogen) atoms. The molecule has 0 radical (unpaired) electrons. The quantitative estimate of drug-likeness (QED) is 0.208. The normalized spacial score (nSPS) is 21.0. The molecule has 1 aliphatic rings. The average Bonchev–Trinajstić information content (AvgIpc) is 3.47. The number of nitrogen functional groups attached to an aromatic ring is 1. The van der Waals surface area contributed by atoms with E-state index in [2.05, 4.69) is 10.2 Å². The number of aromatic amines is 1. The highest BCUT2D eigenvalue weighted by Crippen LogP contribution is 2.30. The third kappa shape index (κ3) is 5.86. The molecule has 4 aromatic carbocycles. The Bertz CT molecular complexity index is 1640. The van der Waals surface area contributed by atoms with Gasteiger partial charge in [0, 0.05) is 24.2 Å². The number of carbonyl (C=O) groups is 1. The van der Waals surface area contributed by atoms with Crippen LogP contribution < -0.4 is 5.73 Å². The molecule has 0 bridgehead atoms. The Hall–Kier alpha value is -4.66. The molecule has 2 unspecified atom stereocenters. The van der Waals surface area contributed by atoms with E-state index in [0.717, 1.165) is 33.2 Å². The number of nitrogens with one attached hydrogen (secondary N) is 1. The zero-order chi connectivity index (χ0) is 29.1. The lowest BCUT2D eigenvalue weighted by Gasteiger charge is -2.36. The van der Waals surface area contributed by atoms with Crippen LogP contribution in [0.2, 0.25) is 0 Å². The predicted molar refractivity (Wildman–Crippen MR) is 163 cm³/mol. The van der Waals surface area contributed by atoms with Gasteiger partial charge in [-0.3, -0.25) is 5.10 Å². The van der Waals surface area contributed by atoms with Crippen LogP contribution in [0.25, 0.3) is 10.9 Å². The zero-order valence-electron chi connectivity index (χ0n) is 23.3. The highest BCUT2D eigenvalue weighted by atomic mass is 16.3. The van der Waals surface area contributed by atoms with Gasteiger partial charge in [0.25, 0.3) is 0 Å². The minimum Gasteiger partial charge on any atom is -0.399 e. The third-order valence-corrected chi connectivity index (χ3v) is 8.17. The molecule has 0 saturated carbocycles. The fraction of sp³-hybridized carbons (Fsp3) is 0.235. The maximum Gasteiger partial charge on any atom is 0.321 e. The van der Waals surface area contributed by atoms with Gasteiger partial charge in [0.15, 0.2) is 0 Å². The molecule has 1 saturated heterocycles. The Kier molecular flexibility index (Phi) is 7.90. The predicted octanol–water partition coefficient (Wildman–Crippen LogP) is 4.53. The number of nitrogens with zero attached hydrogens (tertiary/aromatic N) is 3. The molecule has 0 aliphatic carbocycles. The van der Waals surface area contributed by atoms with Gasteiger partial charge in [-0.1, -0.05) is 78.9 Å². The number of nitrogens with two attached hydrogens (primary N) is 1. The molecule has 1 aromatic heterocycles. The summed E-state index contributed by atoms with van der Waals surface area (Å²) in [6, 6.07) is 31.3. The van der Waals surface area contributed by atoms with Gasteiger partial charge in [0.1, 0.15) is 12.2 Å². The molecule has 1 fully saturated rings. The van der Waals surface area contributed by atoms with Crippen molar-refractivity contribution < 1.29 is 15.0 Å². The van der Waals surface area contributed by atoms with E-state index in [-0.39, 0.29) is 19.1 Å². The minimum atomic E-state index is -1.19. The number of fused-ring (bicyclic) bond motifs is 1. The summed E-state index contributed by atoms with van der Waals surface area (Å²) in [6.45, 7) is 0.493. The van der Waals surface area contributed by atoms with Crippen molar-refractivity contribution in [1.29, 1.82) is 0 Å². The second-order valence-electron chi connectivity index (χ2n) is 11.1. The van der Waals surface area contributed by atoms with Crippen LogP contribution in [0.15, 0.2) is 109 Å². The third-order valence-electron chi connectivity index (χ3n) is 8.17. The highest BCUT2D eigenvalue weighted by molar-refractivity contribution is 5.79. The van der Waals surface area contributed by atoms with Crippen molar-refractivity contribution in [1.82, 2.24) is 20.0 Å². The molecule has 6 rings (SSSR count). The molecule has 5 aromatic rings. The summed E-state index contributed by atoms with van der Waals surface area (Å²) in [7, 11) is 0. The summed E-state index contributed by atoms with van der Waals surface area (Å²) >= 11 is 0. The minimum absolute atomic E-state index is 0.237. The molecule has 2 heterocycles. The molecule has 8 heteroatoms. The number of anilines is 1. The number of benzene rings is 4. The van der Waals surface area contributed by atoms with E-state index in [1.165, 1.54) is 0 Å². The van der Waals surface area contributed by atoms with Crippen LogP contribution in [0, 0.1) is 0 Å². The summed E-state index contributed by atoms with van der Waals surface area (Å²) < 4.78 is 0. The summed E-state index contributed by atoms with van der Waals surface area (Å²) in [4.78, 5) is 18.2. The molecule has 5 N–H and O–H groups in total. The monoisotopic (exact) mass is 561 g/mol. The first-order chi connectivity index (χ1) is 20.5. The number of urea groups is 1. The average molecular weight is 562 g/mol. The van der Waals surface area contributed by atoms with Crippen LogP contribution in [0.3, 0.4) is 0 Å². The van der Waals surface area contributed by atoms with Crippen molar-refractivity contribution in [2.24, 2.45) is 0 Å². The number of rotatable bonds is 8. The lowest BCUT2D eigenvalue weighted by molar-refractivity contribution is -0.0408. The van der Waals surface area contributed by atoms with Crippen molar-refractivity contribution in [3.63, 3.8) is 0 Å². The molecule has 2 amide bonds. The summed E-state index contributed by atoms with van der Waals surface area (Å²) in [6.07, 6.45) is 0.158. The van der Waals surface area contributed by atoms with Gasteiger partial charge >= 0.3 is 6.03 Å². The van der Waals surface area contributed by atoms with Gasteiger partial charge in [0.2, 0.25) is 0 Å². The molecular formula is C34H35N5O3. The number of H-pyrrole nitrogens is 1. The van der Waals surface area contributed by atoms with Crippen molar-refractivity contribution in [3.8, 4) is 0 Å². The van der Waals surface area contributed by atoms with Crippen molar-refractivity contribution >= 4 is 22.6 Å². The molecule has 214 valence electrons. The number of aliphatic hydroxyl groups excluding tert-OH is 2. The first-order valence-corrected chi connectivity index (χ1v) is 14.2. The molecule has 0 spiro atoms. The summed E-state index contributed by atoms with van der Waals surface area (Å²) in [5.41, 5.74) is 11.3. The van der Waals surface area contributed by atoms with E-state index in [9.17, 15) is 15.0 Å². The Morgan fingerprint density at radius 1 is 0.690 bits per heavy atom. The first kappa shape index (κ1) is 27.5. The summed E-state index contributed by atoms with van der Waals surface area (Å²) in [5, 5.41) is 31.7. The number of aromatic nitrogens is 2. The first-order valence-electron chi connectivity index (χ1n) is 14.2. The number of hydrogen-bond acceptors (Lipinski definition) is 5. The number of amides is 2. The number of hydrogen-bond donors (Lipinski definition) is 4. The fourth-order valence-corrected chi connectivity index (χ4v) is 5.99. The number of aliphatic hydroxyl groups is 2. The molecule has 8 nitrogen and oxygen atoms in total. The van der Waals surface area contributed by atoms with Gasteiger partial charge in [-0.15, -0.1) is 0 Å². The van der Waals surface area contributed by atoms with E-state index in [4.69, 9.17) is 5.73 Å². The molecular weight excluding hydrogens is 526 g/mol. The van der Waals surface area contributed by atoms with Crippen molar-refractivity contribution in [2.45, 2.75) is 50.2 Å². The van der Waals surface area contributed by atoms with Gasteiger partial charge in [-0.25, -0.2) is 4.79 Å². The smallest absolute Gasteiger partial charge is 0.321 e. The zero-order valence-corrected chi connectivity index (χ0v) is 23.3. The Morgan fingerprint density at radius 3 is 1.81 bits per heavy atom. The Morgan fingerprint density at radius 2 is 1.24 bits per heavy atom. The van der Waals surface area contributed by atoms with E-state index in [1.807, 2.05) is 103 Å².